The lowest BCUT2D eigenvalue weighted by molar-refractivity contribution is 0.0303. The fourth-order valence-corrected chi connectivity index (χ4v) is 3.64. The van der Waals surface area contributed by atoms with Gasteiger partial charge in [0.2, 0.25) is 0 Å². The van der Waals surface area contributed by atoms with Gasteiger partial charge in [-0.1, -0.05) is 0 Å². The summed E-state index contributed by atoms with van der Waals surface area (Å²) in [5.41, 5.74) is 2.89. The maximum atomic E-state index is 12.6. The Morgan fingerprint density at radius 2 is 1.70 bits per heavy atom. The number of nitrogens with one attached hydrogen (secondary N) is 1. The first-order chi connectivity index (χ1) is 13.3. The fraction of sp³-hybridized carbons (Fsp3) is 0.429. The number of ether oxygens (including phenoxy) is 1. The van der Waals surface area contributed by atoms with Crippen molar-refractivity contribution in [3.63, 3.8) is 0 Å². The molecule has 1 aromatic carbocycles. The molecule has 0 unspecified atom stereocenters. The molecule has 2 fully saturated rings. The van der Waals surface area contributed by atoms with Crippen molar-refractivity contribution in [2.75, 3.05) is 49.6 Å². The van der Waals surface area contributed by atoms with Crippen LogP contribution in [0.5, 0.6) is 0 Å². The second-order valence-corrected chi connectivity index (χ2v) is 7.05. The molecule has 4 rings (SSSR count). The second-order valence-electron chi connectivity index (χ2n) is 7.05. The minimum absolute atomic E-state index is 0.0317. The van der Waals surface area contributed by atoms with Crippen molar-refractivity contribution >= 4 is 23.1 Å². The Morgan fingerprint density at radius 3 is 2.44 bits per heavy atom. The number of nitrogens with zero attached hydrogens (tertiary/aromatic N) is 3. The molecule has 0 aliphatic carbocycles. The Labute approximate surface area is 160 Å². The number of morpholine rings is 1. The number of aromatic nitrogens is 1. The number of hydrogen-bond donors (Lipinski definition) is 1. The Hall–Kier alpha value is -2.60. The summed E-state index contributed by atoms with van der Waals surface area (Å²) < 4.78 is 5.32. The van der Waals surface area contributed by atoms with Gasteiger partial charge in [0.25, 0.3) is 5.91 Å². The molecule has 0 atom stereocenters. The largest absolute Gasteiger partial charge is 0.378 e. The molecular weight excluding hydrogens is 340 g/mol. The van der Waals surface area contributed by atoms with E-state index >= 15 is 0 Å². The van der Waals surface area contributed by atoms with Crippen molar-refractivity contribution in [1.82, 2.24) is 9.88 Å². The minimum atomic E-state index is 0.0317. The molecule has 0 spiro atoms. The maximum Gasteiger partial charge on any atom is 0.254 e. The molecule has 0 saturated carbocycles. The third-order valence-electron chi connectivity index (χ3n) is 5.17. The summed E-state index contributed by atoms with van der Waals surface area (Å²) in [4.78, 5) is 21.3. The van der Waals surface area contributed by atoms with Crippen LogP contribution >= 0.6 is 0 Å². The van der Waals surface area contributed by atoms with Gasteiger partial charge >= 0.3 is 0 Å². The molecule has 2 saturated heterocycles. The molecule has 2 aliphatic heterocycles. The number of pyridine rings is 1. The number of benzene rings is 1. The van der Waals surface area contributed by atoms with E-state index in [1.807, 2.05) is 11.0 Å². The first kappa shape index (κ1) is 17.8. The van der Waals surface area contributed by atoms with Crippen molar-refractivity contribution < 1.29 is 9.53 Å². The van der Waals surface area contributed by atoms with Crippen molar-refractivity contribution in [2.24, 2.45) is 0 Å². The fourth-order valence-electron chi connectivity index (χ4n) is 3.64. The minimum Gasteiger partial charge on any atom is -0.378 e. The summed E-state index contributed by atoms with van der Waals surface area (Å²) in [6.07, 6.45) is 5.56. The third-order valence-corrected chi connectivity index (χ3v) is 5.17. The zero-order valence-electron chi connectivity index (χ0n) is 15.6. The molecule has 1 aromatic heterocycles. The van der Waals surface area contributed by atoms with Crippen LogP contribution in [-0.4, -0.2) is 55.2 Å². The van der Waals surface area contributed by atoms with Crippen molar-refractivity contribution in [2.45, 2.75) is 19.3 Å². The summed E-state index contributed by atoms with van der Waals surface area (Å²) in [6.45, 7) is 4.76. The molecule has 1 amide bonds. The molecule has 2 aliphatic rings. The molecule has 0 radical (unpaired) electrons. The lowest BCUT2D eigenvalue weighted by atomic mass is 10.1. The predicted octanol–water partition coefficient (Wildman–Crippen LogP) is 3.29. The van der Waals surface area contributed by atoms with Gasteiger partial charge in [-0.3, -0.25) is 4.79 Å². The normalized spacial score (nSPS) is 17.6. The summed E-state index contributed by atoms with van der Waals surface area (Å²) in [6, 6.07) is 12.0. The van der Waals surface area contributed by atoms with Crippen LogP contribution in [0.2, 0.25) is 0 Å². The number of carbonyl (C=O) groups is 1. The Morgan fingerprint density at radius 1 is 0.963 bits per heavy atom. The van der Waals surface area contributed by atoms with Gasteiger partial charge < -0.3 is 19.9 Å². The number of piperidine rings is 1. The van der Waals surface area contributed by atoms with Gasteiger partial charge in [-0.05, 0) is 55.7 Å². The Bertz CT molecular complexity index is 766. The van der Waals surface area contributed by atoms with Gasteiger partial charge in [-0.25, -0.2) is 4.98 Å². The number of amides is 1. The van der Waals surface area contributed by atoms with E-state index in [1.165, 1.54) is 24.9 Å². The predicted molar refractivity (Wildman–Crippen MR) is 107 cm³/mol. The zero-order chi connectivity index (χ0) is 18.5. The van der Waals surface area contributed by atoms with Crippen LogP contribution in [0.3, 0.4) is 0 Å². The van der Waals surface area contributed by atoms with Gasteiger partial charge in [-0.2, -0.15) is 0 Å². The van der Waals surface area contributed by atoms with E-state index in [-0.39, 0.29) is 5.91 Å². The standard InChI is InChI=1S/C21H26N4O2/c26-21(25-12-14-27-15-13-25)17-8-9-22-20(16-17)23-18-4-6-19(7-5-18)24-10-2-1-3-11-24/h4-9,16H,1-3,10-15H2,(H,22,23). The third kappa shape index (κ3) is 4.39. The summed E-state index contributed by atoms with van der Waals surface area (Å²) in [7, 11) is 0. The highest BCUT2D eigenvalue weighted by Gasteiger charge is 2.19. The van der Waals surface area contributed by atoms with E-state index in [4.69, 9.17) is 4.74 Å². The number of anilines is 3. The van der Waals surface area contributed by atoms with E-state index in [0.29, 0.717) is 37.7 Å². The molecule has 6 heteroatoms. The molecular formula is C21H26N4O2. The van der Waals surface area contributed by atoms with Gasteiger partial charge in [0.1, 0.15) is 5.82 Å². The van der Waals surface area contributed by atoms with Crippen LogP contribution in [0.4, 0.5) is 17.2 Å². The number of carbonyl (C=O) groups excluding carboxylic acids is 1. The lowest BCUT2D eigenvalue weighted by Gasteiger charge is -2.28. The monoisotopic (exact) mass is 366 g/mol. The highest BCUT2D eigenvalue weighted by Crippen LogP contribution is 2.23. The first-order valence-electron chi connectivity index (χ1n) is 9.75. The SMILES string of the molecule is O=C(c1ccnc(Nc2ccc(N3CCCCC3)cc2)c1)N1CCOCC1. The lowest BCUT2D eigenvalue weighted by Crippen LogP contribution is -2.40. The smallest absolute Gasteiger partial charge is 0.254 e. The average molecular weight is 366 g/mol. The zero-order valence-corrected chi connectivity index (χ0v) is 15.6. The van der Waals surface area contributed by atoms with E-state index in [9.17, 15) is 4.79 Å². The van der Waals surface area contributed by atoms with Crippen LogP contribution in [0.15, 0.2) is 42.6 Å². The molecule has 2 aromatic rings. The van der Waals surface area contributed by atoms with Crippen LogP contribution in [0, 0.1) is 0 Å². The van der Waals surface area contributed by atoms with Crippen molar-refractivity contribution in [1.29, 1.82) is 0 Å². The van der Waals surface area contributed by atoms with Crippen LogP contribution < -0.4 is 10.2 Å². The van der Waals surface area contributed by atoms with Crippen molar-refractivity contribution in [3.05, 3.63) is 48.2 Å². The molecule has 3 heterocycles. The van der Waals surface area contributed by atoms with Crippen molar-refractivity contribution in [3.8, 4) is 0 Å². The summed E-state index contributed by atoms with van der Waals surface area (Å²) in [5.74, 6) is 0.712. The Kier molecular flexibility index (Phi) is 5.53. The van der Waals surface area contributed by atoms with Gasteiger partial charge in [0, 0.05) is 49.3 Å². The quantitative estimate of drug-likeness (QED) is 0.900. The van der Waals surface area contributed by atoms with Gasteiger partial charge in [0.05, 0.1) is 13.2 Å². The summed E-state index contributed by atoms with van der Waals surface area (Å²) in [5, 5.41) is 3.31. The number of rotatable bonds is 4. The highest BCUT2D eigenvalue weighted by molar-refractivity contribution is 5.95. The molecule has 27 heavy (non-hydrogen) atoms. The van der Waals surface area contributed by atoms with E-state index in [2.05, 4.69) is 39.5 Å². The average Bonchev–Trinajstić information content (AvgIpc) is 2.75. The first-order valence-corrected chi connectivity index (χ1v) is 9.75. The van der Waals surface area contributed by atoms with E-state index < -0.39 is 0 Å². The van der Waals surface area contributed by atoms with E-state index in [0.717, 1.165) is 18.8 Å². The number of hydrogen-bond acceptors (Lipinski definition) is 5. The topological polar surface area (TPSA) is 57.7 Å². The van der Waals surface area contributed by atoms with Crippen LogP contribution in [-0.2, 0) is 4.74 Å². The van der Waals surface area contributed by atoms with Gasteiger partial charge in [0.15, 0.2) is 0 Å². The molecule has 1 N–H and O–H groups in total. The summed E-state index contributed by atoms with van der Waals surface area (Å²) >= 11 is 0. The maximum absolute atomic E-state index is 12.6. The molecule has 6 nitrogen and oxygen atoms in total. The van der Waals surface area contributed by atoms with Crippen LogP contribution in [0.1, 0.15) is 29.6 Å². The highest BCUT2D eigenvalue weighted by atomic mass is 16.5. The Balaban J connectivity index is 1.42. The van der Waals surface area contributed by atoms with Crippen LogP contribution in [0.25, 0.3) is 0 Å². The molecule has 0 bridgehead atoms. The van der Waals surface area contributed by atoms with E-state index in [1.54, 1.807) is 12.3 Å². The second kappa shape index (κ2) is 8.39. The molecule has 142 valence electrons. The van der Waals surface area contributed by atoms with Gasteiger partial charge in [-0.15, -0.1) is 0 Å².